The van der Waals surface area contributed by atoms with Gasteiger partial charge in [0.15, 0.2) is 0 Å². The van der Waals surface area contributed by atoms with E-state index in [0.717, 1.165) is 48.4 Å². The van der Waals surface area contributed by atoms with Crippen molar-refractivity contribution in [3.63, 3.8) is 0 Å². The van der Waals surface area contributed by atoms with Crippen LogP contribution < -0.4 is 5.32 Å². The first kappa shape index (κ1) is 18.7. The van der Waals surface area contributed by atoms with Crippen molar-refractivity contribution in [2.75, 3.05) is 5.32 Å². The van der Waals surface area contributed by atoms with E-state index in [9.17, 15) is 9.90 Å². The van der Waals surface area contributed by atoms with Gasteiger partial charge in [-0.05, 0) is 80.5 Å². The van der Waals surface area contributed by atoms with Crippen molar-refractivity contribution in [2.24, 2.45) is 17.8 Å². The van der Waals surface area contributed by atoms with Crippen LogP contribution in [0.1, 0.15) is 54.6 Å². The van der Waals surface area contributed by atoms with E-state index in [2.05, 4.69) is 5.32 Å². The smallest absolute Gasteiger partial charge is 0.259 e. The van der Waals surface area contributed by atoms with Gasteiger partial charge in [-0.1, -0.05) is 30.3 Å². The number of aromatic hydroxyl groups is 1. The Morgan fingerprint density at radius 3 is 2.19 bits per heavy atom. The second-order valence-corrected chi connectivity index (χ2v) is 9.84. The fourth-order valence-corrected chi connectivity index (χ4v) is 6.81. The molecule has 0 spiro atoms. The number of nitrogens with zero attached hydrogens (tertiary/aromatic N) is 2. The molecule has 1 amide bonds. The maximum absolute atomic E-state index is 13.4. The molecule has 31 heavy (non-hydrogen) atoms. The van der Waals surface area contributed by atoms with Crippen LogP contribution in [0, 0.1) is 17.8 Å². The normalized spacial score (nSPS) is 28.6. The number of rotatable bonds is 4. The monoisotopic (exact) mass is 413 g/mol. The van der Waals surface area contributed by atoms with Gasteiger partial charge in [-0.2, -0.15) is 5.10 Å². The fraction of sp³-hybridized carbons (Fsp3) is 0.385. The van der Waals surface area contributed by atoms with E-state index < -0.39 is 0 Å². The zero-order chi connectivity index (χ0) is 21.0. The molecule has 3 aromatic rings. The molecular weight excluding hydrogens is 386 g/mol. The van der Waals surface area contributed by atoms with Gasteiger partial charge in [-0.25, -0.2) is 4.68 Å². The molecule has 0 saturated heterocycles. The summed E-state index contributed by atoms with van der Waals surface area (Å²) in [5.41, 5.74) is 2.96. The molecule has 2 N–H and O–H groups in total. The minimum absolute atomic E-state index is 0.000185. The topological polar surface area (TPSA) is 67.2 Å². The molecule has 0 aliphatic heterocycles. The SMILES string of the molecule is O=C(Nc1ccccc1O)c1cn(-c2ccccc2)nc1C12CC3CC(CC(C3)C1)C2. The van der Waals surface area contributed by atoms with Crippen molar-refractivity contribution in [1.82, 2.24) is 9.78 Å². The van der Waals surface area contributed by atoms with Crippen molar-refractivity contribution in [2.45, 2.75) is 43.9 Å². The predicted molar refractivity (Wildman–Crippen MR) is 119 cm³/mol. The van der Waals surface area contributed by atoms with E-state index in [0.29, 0.717) is 11.3 Å². The quantitative estimate of drug-likeness (QED) is 0.571. The third-order valence-corrected chi connectivity index (χ3v) is 7.67. The number of phenols is 1. The molecule has 2 aromatic carbocycles. The predicted octanol–water partition coefficient (Wildman–Crippen LogP) is 5.30. The number of benzene rings is 2. The summed E-state index contributed by atoms with van der Waals surface area (Å²) in [4.78, 5) is 13.4. The first-order chi connectivity index (χ1) is 15.1. The Balaban J connectivity index is 1.43. The average molecular weight is 414 g/mol. The third kappa shape index (κ3) is 3.14. The van der Waals surface area contributed by atoms with Crippen molar-refractivity contribution in [3.05, 3.63) is 72.1 Å². The minimum atomic E-state index is -0.200. The molecule has 0 radical (unpaired) electrons. The number of para-hydroxylation sites is 3. The number of carbonyl (C=O) groups is 1. The Labute approximate surface area is 182 Å². The lowest BCUT2D eigenvalue weighted by atomic mass is 9.48. The number of phenolic OH excluding ortho intramolecular Hbond substituents is 1. The number of amides is 1. The summed E-state index contributed by atoms with van der Waals surface area (Å²) in [5, 5.41) is 18.1. The van der Waals surface area contributed by atoms with Gasteiger partial charge < -0.3 is 10.4 Å². The van der Waals surface area contributed by atoms with Crippen LogP contribution >= 0.6 is 0 Å². The molecule has 4 saturated carbocycles. The third-order valence-electron chi connectivity index (χ3n) is 7.67. The average Bonchev–Trinajstić information content (AvgIpc) is 3.22. The second kappa shape index (κ2) is 6.98. The van der Waals surface area contributed by atoms with Crippen LogP contribution in [0.4, 0.5) is 5.69 Å². The van der Waals surface area contributed by atoms with Crippen LogP contribution in [0.5, 0.6) is 5.75 Å². The van der Waals surface area contributed by atoms with Gasteiger partial charge in [0.2, 0.25) is 0 Å². The highest BCUT2D eigenvalue weighted by Crippen LogP contribution is 2.60. The minimum Gasteiger partial charge on any atom is -0.506 e. The second-order valence-electron chi connectivity index (χ2n) is 9.84. The maximum Gasteiger partial charge on any atom is 0.259 e. The Morgan fingerprint density at radius 2 is 1.55 bits per heavy atom. The van der Waals surface area contributed by atoms with Crippen molar-refractivity contribution >= 4 is 11.6 Å². The van der Waals surface area contributed by atoms with Crippen LogP contribution in [-0.2, 0) is 5.41 Å². The Bertz CT molecular complexity index is 1100. The van der Waals surface area contributed by atoms with Crippen molar-refractivity contribution in [1.29, 1.82) is 0 Å². The van der Waals surface area contributed by atoms with Gasteiger partial charge in [-0.3, -0.25) is 4.79 Å². The largest absolute Gasteiger partial charge is 0.506 e. The lowest BCUT2D eigenvalue weighted by molar-refractivity contribution is -0.00765. The fourth-order valence-electron chi connectivity index (χ4n) is 6.81. The lowest BCUT2D eigenvalue weighted by Crippen LogP contribution is -2.49. The van der Waals surface area contributed by atoms with Crippen LogP contribution in [0.3, 0.4) is 0 Å². The summed E-state index contributed by atoms with van der Waals surface area (Å²) in [7, 11) is 0. The van der Waals surface area contributed by atoms with E-state index in [1.54, 1.807) is 18.2 Å². The lowest BCUT2D eigenvalue weighted by Gasteiger charge is -2.56. The molecule has 4 bridgehead atoms. The summed E-state index contributed by atoms with van der Waals surface area (Å²) in [6.07, 6.45) is 9.33. The maximum atomic E-state index is 13.4. The highest BCUT2D eigenvalue weighted by molar-refractivity contribution is 6.06. The van der Waals surface area contributed by atoms with E-state index in [-0.39, 0.29) is 17.1 Å². The molecule has 4 aliphatic rings. The van der Waals surface area contributed by atoms with Gasteiger partial charge >= 0.3 is 0 Å². The number of hydrogen-bond donors (Lipinski definition) is 2. The highest BCUT2D eigenvalue weighted by Gasteiger charge is 2.53. The van der Waals surface area contributed by atoms with Gasteiger partial charge in [0.05, 0.1) is 22.6 Å². The first-order valence-corrected chi connectivity index (χ1v) is 11.3. The van der Waals surface area contributed by atoms with E-state index in [4.69, 9.17) is 5.10 Å². The molecule has 158 valence electrons. The van der Waals surface area contributed by atoms with E-state index in [1.165, 1.54) is 19.3 Å². The van der Waals surface area contributed by atoms with Crippen LogP contribution in [0.2, 0.25) is 0 Å². The van der Waals surface area contributed by atoms with Gasteiger partial charge in [0, 0.05) is 11.6 Å². The molecule has 4 aliphatic carbocycles. The number of aromatic nitrogens is 2. The number of nitrogens with one attached hydrogen (secondary N) is 1. The molecule has 1 aromatic heterocycles. The van der Waals surface area contributed by atoms with E-state index in [1.807, 2.05) is 47.3 Å². The summed E-state index contributed by atoms with van der Waals surface area (Å²) >= 11 is 0. The Kier molecular flexibility index (Phi) is 4.20. The zero-order valence-electron chi connectivity index (χ0n) is 17.5. The van der Waals surface area contributed by atoms with Crippen LogP contribution in [0.15, 0.2) is 60.8 Å². The Morgan fingerprint density at radius 1 is 0.935 bits per heavy atom. The molecule has 4 fully saturated rings. The number of anilines is 1. The van der Waals surface area contributed by atoms with Crippen molar-refractivity contribution < 1.29 is 9.90 Å². The summed E-state index contributed by atoms with van der Waals surface area (Å²) in [6, 6.07) is 16.9. The summed E-state index contributed by atoms with van der Waals surface area (Å²) in [5.74, 6) is 2.17. The molecule has 0 unspecified atom stereocenters. The molecule has 1 heterocycles. The standard InChI is InChI=1S/C26H27N3O2/c30-23-9-5-4-8-22(23)27-25(31)21-16-29(20-6-2-1-3-7-20)28-24(21)26-13-17-10-18(14-26)12-19(11-17)15-26/h1-9,16-19,30H,10-15H2,(H,27,31). The van der Waals surface area contributed by atoms with Gasteiger partial charge in [0.1, 0.15) is 5.75 Å². The molecule has 5 heteroatoms. The zero-order valence-corrected chi connectivity index (χ0v) is 17.5. The van der Waals surface area contributed by atoms with Crippen LogP contribution in [0.25, 0.3) is 5.69 Å². The van der Waals surface area contributed by atoms with Crippen molar-refractivity contribution in [3.8, 4) is 11.4 Å². The summed E-state index contributed by atoms with van der Waals surface area (Å²) in [6.45, 7) is 0. The molecule has 5 nitrogen and oxygen atoms in total. The molecule has 0 atom stereocenters. The first-order valence-electron chi connectivity index (χ1n) is 11.3. The summed E-state index contributed by atoms with van der Waals surface area (Å²) < 4.78 is 1.85. The number of carbonyl (C=O) groups excluding carboxylic acids is 1. The van der Waals surface area contributed by atoms with Gasteiger partial charge in [-0.15, -0.1) is 0 Å². The van der Waals surface area contributed by atoms with Gasteiger partial charge in [0.25, 0.3) is 5.91 Å². The Hall–Kier alpha value is -3.08. The van der Waals surface area contributed by atoms with Crippen LogP contribution in [-0.4, -0.2) is 20.8 Å². The molecular formula is C26H27N3O2. The molecule has 7 rings (SSSR count). The number of hydrogen-bond acceptors (Lipinski definition) is 3. The van der Waals surface area contributed by atoms with E-state index >= 15 is 0 Å². The highest BCUT2D eigenvalue weighted by atomic mass is 16.3.